The number of pyridine rings is 1. The van der Waals surface area contributed by atoms with Gasteiger partial charge in [0.15, 0.2) is 0 Å². The maximum Gasteiger partial charge on any atom is 0.132 e. The molecule has 1 aliphatic heterocycles. The zero-order chi connectivity index (χ0) is 24.9. The number of halogens is 2. The van der Waals surface area contributed by atoms with Crippen LogP contribution in [0, 0.1) is 5.82 Å². The van der Waals surface area contributed by atoms with E-state index < -0.39 is 5.82 Å². The summed E-state index contributed by atoms with van der Waals surface area (Å²) in [5, 5.41) is 12.8. The largest absolute Gasteiger partial charge is 0.493 e. The minimum atomic E-state index is -0.406. The number of aromatic nitrogens is 3. The molecule has 7 nitrogen and oxygen atoms in total. The number of ether oxygens (including phenoxy) is 1. The Morgan fingerprint density at radius 3 is 2.92 bits per heavy atom. The Labute approximate surface area is 214 Å². The topological polar surface area (TPSA) is 66.4 Å². The van der Waals surface area contributed by atoms with Crippen molar-refractivity contribution in [2.75, 3.05) is 45.3 Å². The average molecular weight is 507 g/mol. The molecular weight excluding hydrogens is 479 g/mol. The van der Waals surface area contributed by atoms with E-state index in [0.717, 1.165) is 48.5 Å². The lowest BCUT2D eigenvalue weighted by atomic mass is 10.1. The second-order valence-corrected chi connectivity index (χ2v) is 9.45. The summed E-state index contributed by atoms with van der Waals surface area (Å²) in [6.07, 6.45) is 5.53. The van der Waals surface area contributed by atoms with Crippen LogP contribution in [0.5, 0.6) is 5.75 Å². The van der Waals surface area contributed by atoms with Gasteiger partial charge in [0.2, 0.25) is 0 Å². The van der Waals surface area contributed by atoms with E-state index in [1.165, 1.54) is 25.1 Å². The Morgan fingerprint density at radius 1 is 1.11 bits per heavy atom. The van der Waals surface area contributed by atoms with Gasteiger partial charge in [-0.3, -0.25) is 14.8 Å². The van der Waals surface area contributed by atoms with Crippen LogP contribution in [0.3, 0.4) is 0 Å². The average Bonchev–Trinajstić information content (AvgIpc) is 2.88. The Bertz CT molecular complexity index is 1350. The molecular formula is C27H28ClFN6O. The Morgan fingerprint density at radius 2 is 2.03 bits per heavy atom. The molecule has 2 aromatic carbocycles. The fourth-order valence-corrected chi connectivity index (χ4v) is 4.62. The van der Waals surface area contributed by atoms with Crippen molar-refractivity contribution in [1.82, 2.24) is 25.0 Å². The number of hydrogen-bond acceptors (Lipinski definition) is 7. The molecule has 2 aromatic heterocycles. The van der Waals surface area contributed by atoms with Gasteiger partial charge in [-0.15, -0.1) is 0 Å². The van der Waals surface area contributed by atoms with Crippen LogP contribution in [0.1, 0.15) is 12.8 Å². The summed E-state index contributed by atoms with van der Waals surface area (Å²) in [7, 11) is 2.16. The van der Waals surface area contributed by atoms with Crippen LogP contribution in [0.15, 0.2) is 60.9 Å². The van der Waals surface area contributed by atoms with Gasteiger partial charge >= 0.3 is 0 Å². The molecule has 5 rings (SSSR count). The molecule has 186 valence electrons. The highest BCUT2D eigenvalue weighted by atomic mass is 35.5. The molecule has 0 saturated carbocycles. The monoisotopic (exact) mass is 506 g/mol. The molecule has 9 heteroatoms. The molecule has 0 atom stereocenters. The van der Waals surface area contributed by atoms with Crippen molar-refractivity contribution in [2.24, 2.45) is 0 Å². The third-order valence-electron chi connectivity index (χ3n) is 6.20. The number of anilines is 2. The summed E-state index contributed by atoms with van der Waals surface area (Å²) in [6.45, 7) is 5.05. The van der Waals surface area contributed by atoms with Gasteiger partial charge in [0.25, 0.3) is 0 Å². The number of fused-ring (bicyclic) bond motifs is 1. The molecule has 0 radical (unpaired) electrons. The van der Waals surface area contributed by atoms with E-state index in [2.05, 4.69) is 37.3 Å². The van der Waals surface area contributed by atoms with E-state index in [4.69, 9.17) is 16.3 Å². The molecule has 1 saturated heterocycles. The smallest absolute Gasteiger partial charge is 0.132 e. The number of nitrogens with one attached hydrogen (secondary N) is 1. The third-order valence-corrected chi connectivity index (χ3v) is 6.43. The molecule has 1 N–H and O–H groups in total. The lowest BCUT2D eigenvalue weighted by molar-refractivity contribution is 0.102. The summed E-state index contributed by atoms with van der Waals surface area (Å²) in [4.78, 5) is 9.33. The molecule has 1 aliphatic rings. The maximum atomic E-state index is 14.3. The summed E-state index contributed by atoms with van der Waals surface area (Å²) in [6, 6.07) is 13.9. The Balaban J connectivity index is 1.26. The van der Waals surface area contributed by atoms with Gasteiger partial charge in [-0.1, -0.05) is 11.6 Å². The van der Waals surface area contributed by atoms with Crippen LogP contribution >= 0.6 is 11.6 Å². The number of rotatable bonds is 8. The molecule has 0 amide bonds. The Hall–Kier alpha value is -3.33. The highest BCUT2D eigenvalue weighted by Crippen LogP contribution is 2.30. The zero-order valence-electron chi connectivity index (χ0n) is 20.1. The van der Waals surface area contributed by atoms with Crippen molar-refractivity contribution in [3.05, 3.63) is 71.8 Å². The van der Waals surface area contributed by atoms with E-state index in [9.17, 15) is 4.39 Å². The summed E-state index contributed by atoms with van der Waals surface area (Å²) >= 11 is 6.04. The SMILES string of the molecule is CN1CCCN(CCCOc2ccc3c(Nc4cnnc(-c5cc(Cl)ccc5F)c4)ccnc3c2)C1. The van der Waals surface area contributed by atoms with Crippen molar-refractivity contribution < 1.29 is 9.13 Å². The maximum absolute atomic E-state index is 14.3. The molecule has 0 aliphatic carbocycles. The summed E-state index contributed by atoms with van der Waals surface area (Å²) < 4.78 is 20.3. The van der Waals surface area contributed by atoms with Gasteiger partial charge < -0.3 is 10.1 Å². The minimum Gasteiger partial charge on any atom is -0.493 e. The number of benzene rings is 2. The predicted molar refractivity (Wildman–Crippen MR) is 141 cm³/mol. The lowest BCUT2D eigenvalue weighted by Gasteiger charge is -2.33. The number of hydrogen-bond donors (Lipinski definition) is 1. The van der Waals surface area contributed by atoms with Gasteiger partial charge in [0, 0.05) is 53.6 Å². The molecule has 0 unspecified atom stereocenters. The van der Waals surface area contributed by atoms with Crippen LogP contribution in [-0.2, 0) is 0 Å². The van der Waals surface area contributed by atoms with Gasteiger partial charge in [-0.25, -0.2) is 4.39 Å². The van der Waals surface area contributed by atoms with Crippen LogP contribution in [-0.4, -0.2) is 64.9 Å². The first-order valence-electron chi connectivity index (χ1n) is 12.0. The quantitative estimate of drug-likeness (QED) is 0.312. The highest BCUT2D eigenvalue weighted by molar-refractivity contribution is 6.30. The molecule has 1 fully saturated rings. The highest BCUT2D eigenvalue weighted by Gasteiger charge is 2.14. The fraction of sp³-hybridized carbons (Fsp3) is 0.296. The Kier molecular flexibility index (Phi) is 7.55. The van der Waals surface area contributed by atoms with E-state index in [1.807, 2.05) is 24.3 Å². The fourth-order valence-electron chi connectivity index (χ4n) is 4.45. The van der Waals surface area contributed by atoms with Crippen molar-refractivity contribution in [3.8, 4) is 17.0 Å². The zero-order valence-corrected chi connectivity index (χ0v) is 20.9. The van der Waals surface area contributed by atoms with Crippen LogP contribution in [0.4, 0.5) is 15.8 Å². The van der Waals surface area contributed by atoms with Crippen LogP contribution in [0.2, 0.25) is 5.02 Å². The molecule has 3 heterocycles. The van der Waals surface area contributed by atoms with E-state index in [0.29, 0.717) is 28.6 Å². The lowest BCUT2D eigenvalue weighted by Crippen LogP contribution is -2.43. The first kappa shape index (κ1) is 24.4. The van der Waals surface area contributed by atoms with Gasteiger partial charge in [-0.05, 0) is 62.4 Å². The van der Waals surface area contributed by atoms with E-state index >= 15 is 0 Å². The first-order valence-corrected chi connectivity index (χ1v) is 12.4. The predicted octanol–water partition coefficient (Wildman–Crippen LogP) is 5.59. The van der Waals surface area contributed by atoms with Gasteiger partial charge in [-0.2, -0.15) is 10.2 Å². The summed E-state index contributed by atoms with van der Waals surface area (Å²) in [5.41, 5.74) is 3.04. The van der Waals surface area contributed by atoms with Crippen molar-refractivity contribution >= 4 is 33.9 Å². The summed E-state index contributed by atoms with van der Waals surface area (Å²) in [5.74, 6) is 0.392. The minimum absolute atomic E-state index is 0.298. The second-order valence-electron chi connectivity index (χ2n) is 9.01. The molecule has 0 spiro atoms. The second kappa shape index (κ2) is 11.2. The van der Waals surface area contributed by atoms with Crippen molar-refractivity contribution in [3.63, 3.8) is 0 Å². The molecule has 4 aromatic rings. The third kappa shape index (κ3) is 5.90. The first-order chi connectivity index (χ1) is 17.5. The van der Waals surface area contributed by atoms with E-state index in [1.54, 1.807) is 24.5 Å². The van der Waals surface area contributed by atoms with Crippen LogP contribution < -0.4 is 10.1 Å². The van der Waals surface area contributed by atoms with Gasteiger partial charge in [0.05, 0.1) is 36.4 Å². The standard InChI is InChI=1S/C27H28ClFN6O/c1-34-10-2-11-35(18-34)12-3-13-36-21-5-6-22-25(8-9-30-26(22)16-21)32-20-15-27(33-31-17-20)23-14-19(28)4-7-24(23)29/h4-9,14-17H,2-3,10-13,18H2,1H3,(H,30,32,33). The van der Waals surface area contributed by atoms with E-state index in [-0.39, 0.29) is 0 Å². The van der Waals surface area contributed by atoms with Crippen molar-refractivity contribution in [1.29, 1.82) is 0 Å². The molecule has 36 heavy (non-hydrogen) atoms. The van der Waals surface area contributed by atoms with Gasteiger partial charge in [0.1, 0.15) is 11.6 Å². The number of nitrogens with zero attached hydrogens (tertiary/aromatic N) is 5. The normalized spacial score (nSPS) is 14.8. The van der Waals surface area contributed by atoms with Crippen molar-refractivity contribution in [2.45, 2.75) is 12.8 Å². The van der Waals surface area contributed by atoms with Crippen LogP contribution in [0.25, 0.3) is 22.2 Å². The molecule has 0 bridgehead atoms.